The Hall–Kier alpha value is -2.94. The molecule has 1 saturated heterocycles. The number of carboxylic acid groups (broad SMARTS) is 1. The number of quaternary nitrogens is 1. The lowest BCUT2D eigenvalue weighted by molar-refractivity contribution is -0.312. The van der Waals surface area contributed by atoms with Crippen molar-refractivity contribution in [2.75, 3.05) is 25.0 Å². The molecule has 1 amide bonds. The number of aliphatic imine (C=N–C) groups is 1. The molecule has 0 saturated carbocycles. The highest BCUT2D eigenvalue weighted by atomic mass is 32.2. The minimum atomic E-state index is -4.12. The van der Waals surface area contributed by atoms with E-state index in [0.717, 1.165) is 12.0 Å². The Labute approximate surface area is 218 Å². The normalized spacial score (nSPS) is 22.7. The van der Waals surface area contributed by atoms with E-state index < -0.39 is 34.0 Å². The second-order valence-corrected chi connectivity index (χ2v) is 11.4. The van der Waals surface area contributed by atoms with Gasteiger partial charge in [-0.3, -0.25) is 15.2 Å². The molecule has 13 nitrogen and oxygen atoms in total. The number of para-hydroxylation sites is 1. The number of hydrogen-bond donors (Lipinski definition) is 6. The molecule has 4 atom stereocenters. The number of carbonyl (C=O) groups excluding carboxylic acids is 2. The van der Waals surface area contributed by atoms with Gasteiger partial charge >= 0.3 is 0 Å². The number of nitrogens with two attached hydrogens (primary N) is 2. The SMILES string of the molecule is CC1CNc2c(cccc2S(=O)(=O)N[C@@H](CCCN=C(N)NN)C(=O)N2CC[C@@H](C)C[C@@H]2C(=O)[O-])C1.[NH4+]. The number of amides is 1. The van der Waals surface area contributed by atoms with Crippen molar-refractivity contribution in [3.8, 4) is 0 Å². The van der Waals surface area contributed by atoms with Gasteiger partial charge in [0.2, 0.25) is 21.9 Å². The van der Waals surface area contributed by atoms with Crippen LogP contribution in [-0.4, -0.2) is 62.9 Å². The first-order chi connectivity index (χ1) is 17.0. The highest BCUT2D eigenvalue weighted by Crippen LogP contribution is 2.31. The number of fused-ring (bicyclic) bond motifs is 1. The molecule has 0 aromatic heterocycles. The summed E-state index contributed by atoms with van der Waals surface area (Å²) in [6.45, 7) is 5.03. The Balaban J connectivity index is 0.00000481. The van der Waals surface area contributed by atoms with E-state index in [1.54, 1.807) is 6.07 Å². The van der Waals surface area contributed by atoms with Crippen molar-refractivity contribution in [2.24, 2.45) is 28.4 Å². The van der Waals surface area contributed by atoms with Crippen molar-refractivity contribution < 1.29 is 23.1 Å². The average Bonchev–Trinajstić information content (AvgIpc) is 2.84. The van der Waals surface area contributed by atoms with Gasteiger partial charge in [0.15, 0.2) is 0 Å². The van der Waals surface area contributed by atoms with Gasteiger partial charge in [-0.2, -0.15) is 4.72 Å². The number of likely N-dealkylation sites (tertiary alicyclic amines) is 1. The van der Waals surface area contributed by atoms with E-state index >= 15 is 0 Å². The van der Waals surface area contributed by atoms with E-state index in [-0.39, 0.29) is 48.9 Å². The number of hydrazine groups is 1. The highest BCUT2D eigenvalue weighted by molar-refractivity contribution is 7.89. The van der Waals surface area contributed by atoms with Crippen LogP contribution in [0.3, 0.4) is 0 Å². The quantitative estimate of drug-likeness (QED) is 0.0759. The number of carboxylic acids is 1. The van der Waals surface area contributed by atoms with Crippen LogP contribution in [0.2, 0.25) is 0 Å². The highest BCUT2D eigenvalue weighted by Gasteiger charge is 2.37. The van der Waals surface area contributed by atoms with Crippen molar-refractivity contribution in [3.63, 3.8) is 0 Å². The summed E-state index contributed by atoms with van der Waals surface area (Å²) < 4.78 is 29.6. The van der Waals surface area contributed by atoms with E-state index in [2.05, 4.69) is 27.4 Å². The van der Waals surface area contributed by atoms with Crippen LogP contribution in [-0.2, 0) is 26.0 Å². The largest absolute Gasteiger partial charge is 0.548 e. The van der Waals surface area contributed by atoms with E-state index in [0.29, 0.717) is 31.0 Å². The van der Waals surface area contributed by atoms with Crippen molar-refractivity contribution in [1.82, 2.24) is 21.2 Å². The lowest BCUT2D eigenvalue weighted by Crippen LogP contribution is -2.59. The first-order valence-electron chi connectivity index (χ1n) is 12.2. The third-order valence-electron chi connectivity index (χ3n) is 6.69. The number of carbonyl (C=O) groups is 2. The van der Waals surface area contributed by atoms with Crippen LogP contribution in [0, 0.1) is 11.8 Å². The maximum absolute atomic E-state index is 13.5. The molecule has 0 radical (unpaired) electrons. The number of rotatable bonds is 9. The minimum Gasteiger partial charge on any atom is -0.548 e. The van der Waals surface area contributed by atoms with E-state index in [9.17, 15) is 23.1 Å². The van der Waals surface area contributed by atoms with Gasteiger partial charge in [-0.05, 0) is 55.6 Å². The van der Waals surface area contributed by atoms with Gasteiger partial charge in [-0.15, -0.1) is 0 Å². The summed E-state index contributed by atoms with van der Waals surface area (Å²) in [5.41, 5.74) is 9.15. The van der Waals surface area contributed by atoms with Gasteiger partial charge in [-0.25, -0.2) is 14.3 Å². The number of nitrogens with zero attached hydrogens (tertiary/aromatic N) is 2. The van der Waals surface area contributed by atoms with Crippen molar-refractivity contribution in [2.45, 2.75) is 62.9 Å². The first-order valence-corrected chi connectivity index (χ1v) is 13.7. The Bertz CT molecular complexity index is 1100. The smallest absolute Gasteiger partial charge is 0.243 e. The predicted molar refractivity (Wildman–Crippen MR) is 140 cm³/mol. The third-order valence-corrected chi connectivity index (χ3v) is 8.21. The van der Waals surface area contributed by atoms with Crippen LogP contribution in [0.1, 0.15) is 45.1 Å². The molecule has 37 heavy (non-hydrogen) atoms. The monoisotopic (exact) mass is 540 g/mol. The summed E-state index contributed by atoms with van der Waals surface area (Å²) in [5, 5.41) is 15.0. The molecule has 2 aliphatic rings. The summed E-state index contributed by atoms with van der Waals surface area (Å²) in [4.78, 5) is 30.6. The fraction of sp³-hybridized carbons (Fsp3) is 0.609. The molecule has 3 rings (SSSR count). The second kappa shape index (κ2) is 13.0. The van der Waals surface area contributed by atoms with Crippen molar-refractivity contribution >= 4 is 33.5 Å². The Kier molecular flexibility index (Phi) is 10.7. The predicted octanol–water partition coefficient (Wildman–Crippen LogP) is -0.751. The molecule has 0 spiro atoms. The number of anilines is 1. The van der Waals surface area contributed by atoms with E-state index in [1.165, 1.54) is 11.0 Å². The fourth-order valence-corrected chi connectivity index (χ4v) is 6.20. The van der Waals surface area contributed by atoms with Crippen LogP contribution in [0.15, 0.2) is 28.1 Å². The molecule has 2 heterocycles. The summed E-state index contributed by atoms with van der Waals surface area (Å²) in [6.07, 6.45) is 2.01. The van der Waals surface area contributed by atoms with E-state index in [1.807, 2.05) is 13.0 Å². The number of nitrogens with one attached hydrogen (secondary N) is 3. The fourth-order valence-electron chi connectivity index (χ4n) is 4.75. The Morgan fingerprint density at radius 3 is 2.70 bits per heavy atom. The zero-order valence-electron chi connectivity index (χ0n) is 21.7. The molecule has 1 aromatic carbocycles. The maximum Gasteiger partial charge on any atom is 0.243 e. The van der Waals surface area contributed by atoms with Crippen LogP contribution in [0.5, 0.6) is 0 Å². The summed E-state index contributed by atoms with van der Waals surface area (Å²) in [5.74, 6) is 3.73. The topological polar surface area (TPSA) is 232 Å². The number of sulfonamides is 1. The number of hydrogen-bond acceptors (Lipinski definition) is 8. The van der Waals surface area contributed by atoms with Crippen LogP contribution in [0.25, 0.3) is 0 Å². The lowest BCUT2D eigenvalue weighted by Gasteiger charge is -2.40. The standard InChI is InChI=1S/C23H37N7O5S.H3N/c1-14-8-10-30(18(12-14)22(32)33)21(31)17(6-4-9-26-23(24)28-25)29-36(34,35)19-7-3-5-16-11-15(2)13-27-20(16)19;/h3,5,7,14-15,17-18,27,29H,4,6,8-13,25H2,1-2H3,(H,32,33)(H3,24,26,28);1H3/t14-,15?,17+,18-;/m1./s1. The molecule has 2 aliphatic heterocycles. The molecule has 14 heteroatoms. The molecule has 11 N–H and O–H groups in total. The van der Waals surface area contributed by atoms with Gasteiger partial charge in [0.05, 0.1) is 17.7 Å². The van der Waals surface area contributed by atoms with Crippen molar-refractivity contribution in [3.05, 3.63) is 23.8 Å². The second-order valence-electron chi connectivity index (χ2n) is 9.70. The molecule has 1 fully saturated rings. The minimum absolute atomic E-state index is 0. The summed E-state index contributed by atoms with van der Waals surface area (Å²) in [7, 11) is -4.12. The lowest BCUT2D eigenvalue weighted by atomic mass is 9.91. The van der Waals surface area contributed by atoms with Crippen LogP contribution < -0.4 is 38.3 Å². The number of guanidine groups is 1. The van der Waals surface area contributed by atoms with Gasteiger partial charge in [0, 0.05) is 19.6 Å². The van der Waals surface area contributed by atoms with Crippen LogP contribution in [0.4, 0.5) is 5.69 Å². The van der Waals surface area contributed by atoms with E-state index in [4.69, 9.17) is 11.6 Å². The van der Waals surface area contributed by atoms with Gasteiger partial charge in [-0.1, -0.05) is 26.0 Å². The maximum atomic E-state index is 13.5. The van der Waals surface area contributed by atoms with Crippen molar-refractivity contribution in [1.29, 1.82) is 0 Å². The third kappa shape index (κ3) is 7.53. The summed E-state index contributed by atoms with van der Waals surface area (Å²) >= 11 is 0. The summed E-state index contributed by atoms with van der Waals surface area (Å²) in [6, 6.07) is 2.75. The molecule has 1 unspecified atom stereocenters. The zero-order valence-corrected chi connectivity index (χ0v) is 22.5. The van der Waals surface area contributed by atoms with Gasteiger partial charge in [0.1, 0.15) is 10.9 Å². The molecule has 0 bridgehead atoms. The Morgan fingerprint density at radius 2 is 2.03 bits per heavy atom. The molecule has 0 aliphatic carbocycles. The van der Waals surface area contributed by atoms with Gasteiger partial charge in [0.25, 0.3) is 0 Å². The molecular weight excluding hydrogens is 500 g/mol. The number of aliphatic carboxylic acids is 1. The molecular formula is C23H40N8O5S. The zero-order chi connectivity index (χ0) is 26.5. The first kappa shape index (κ1) is 30.3. The molecule has 208 valence electrons. The number of benzene rings is 1. The Morgan fingerprint density at radius 1 is 1.30 bits per heavy atom. The number of piperidine rings is 1. The molecule has 1 aromatic rings. The average molecular weight is 541 g/mol. The van der Waals surface area contributed by atoms with Gasteiger partial charge < -0.3 is 32.0 Å². The van der Waals surface area contributed by atoms with Crippen LogP contribution >= 0.6 is 0 Å².